The van der Waals surface area contributed by atoms with E-state index in [9.17, 15) is 4.79 Å². The number of carbonyl (C=O) groups excluding carboxylic acids is 1. The van der Waals surface area contributed by atoms with Gasteiger partial charge in [0.05, 0.1) is 0 Å². The van der Waals surface area contributed by atoms with Gasteiger partial charge in [-0.15, -0.1) is 0 Å². The largest absolute Gasteiger partial charge is 0.344 e. The van der Waals surface area contributed by atoms with Crippen molar-refractivity contribution < 1.29 is 4.79 Å². The van der Waals surface area contributed by atoms with Crippen molar-refractivity contribution >= 4 is 17.2 Å². The molecule has 2 aliphatic heterocycles. The third-order valence-electron chi connectivity index (χ3n) is 8.60. The summed E-state index contributed by atoms with van der Waals surface area (Å²) < 4.78 is 0. The lowest BCUT2D eigenvalue weighted by molar-refractivity contribution is -0.110. The van der Waals surface area contributed by atoms with Gasteiger partial charge < -0.3 is 9.80 Å². The Morgan fingerprint density at radius 1 is 0.650 bits per heavy atom. The second-order valence-electron chi connectivity index (χ2n) is 12.2. The van der Waals surface area contributed by atoms with Crippen LogP contribution in [0.5, 0.6) is 0 Å². The highest BCUT2D eigenvalue weighted by Gasteiger charge is 2.40. The first-order valence-corrected chi connectivity index (χ1v) is 15.3. The number of para-hydroxylation sites is 2. The van der Waals surface area contributed by atoms with Gasteiger partial charge in [0, 0.05) is 46.7 Å². The molecule has 0 spiro atoms. The van der Waals surface area contributed by atoms with Crippen LogP contribution in [0.1, 0.15) is 91.2 Å². The van der Waals surface area contributed by atoms with Crippen LogP contribution >= 0.6 is 0 Å². The molecule has 212 valence electrons. The number of benzene rings is 2. The number of hydrogen-bond donors (Lipinski definition) is 0. The first-order chi connectivity index (χ1) is 19.2. The fraction of sp³-hybridized carbons (Fsp3) is 0.432. The molecule has 4 rings (SSSR count). The molecule has 0 bridgehead atoms. The van der Waals surface area contributed by atoms with Crippen LogP contribution in [0.15, 0.2) is 96.4 Å². The molecule has 0 unspecified atom stereocenters. The van der Waals surface area contributed by atoms with E-state index in [1.165, 1.54) is 59.6 Å². The highest BCUT2D eigenvalue weighted by molar-refractivity contribution is 5.99. The topological polar surface area (TPSA) is 23.6 Å². The molecule has 0 fully saturated rings. The summed E-state index contributed by atoms with van der Waals surface area (Å²) >= 11 is 0. The Morgan fingerprint density at radius 2 is 1.05 bits per heavy atom. The summed E-state index contributed by atoms with van der Waals surface area (Å²) in [7, 11) is 0. The highest BCUT2D eigenvalue weighted by atomic mass is 16.1. The van der Waals surface area contributed by atoms with E-state index < -0.39 is 0 Å². The maximum atomic E-state index is 12.9. The van der Waals surface area contributed by atoms with Gasteiger partial charge in [0.15, 0.2) is 5.78 Å². The number of nitrogens with zero attached hydrogens (tertiary/aromatic N) is 2. The standard InChI is InChI=1S/C37H48N2O/c1-7-9-15-27-38-32-23-13-11-21-30(32)36(3,4)34(38)25-17-19-29(40)20-18-26-35-37(5,6)31-22-12-14-24-33(31)39(35)28-16-10-8-2/h11-14,17-26H,7-10,15-16,27-28H2,1-6H3/b19-17+,20-18+,34-25+,35-26+. The van der Waals surface area contributed by atoms with Gasteiger partial charge in [0.2, 0.25) is 0 Å². The van der Waals surface area contributed by atoms with E-state index in [-0.39, 0.29) is 16.6 Å². The van der Waals surface area contributed by atoms with Gasteiger partial charge in [-0.3, -0.25) is 4.79 Å². The fourth-order valence-corrected chi connectivity index (χ4v) is 6.33. The second-order valence-corrected chi connectivity index (χ2v) is 12.2. The first-order valence-electron chi connectivity index (χ1n) is 15.3. The second kappa shape index (κ2) is 12.9. The van der Waals surface area contributed by atoms with Crippen LogP contribution in [-0.4, -0.2) is 18.9 Å². The molecule has 2 heterocycles. The molecule has 0 saturated heterocycles. The molecule has 0 aromatic heterocycles. The Kier molecular flexibility index (Phi) is 9.56. The Labute approximate surface area is 243 Å². The zero-order valence-corrected chi connectivity index (χ0v) is 25.5. The highest BCUT2D eigenvalue weighted by Crippen LogP contribution is 2.48. The first kappa shape index (κ1) is 29.6. The number of carbonyl (C=O) groups is 1. The van der Waals surface area contributed by atoms with E-state index in [2.05, 4.69) is 112 Å². The minimum absolute atomic E-state index is 0.00500. The number of rotatable bonds is 12. The normalized spacial score (nSPS) is 19.4. The number of allylic oxidation sites excluding steroid dienone is 8. The van der Waals surface area contributed by atoms with Gasteiger partial charge >= 0.3 is 0 Å². The average molecular weight is 537 g/mol. The number of unbranched alkanes of at least 4 members (excludes halogenated alkanes) is 4. The fourth-order valence-electron chi connectivity index (χ4n) is 6.33. The lowest BCUT2D eigenvalue weighted by Gasteiger charge is -2.27. The molecule has 3 heteroatoms. The minimum atomic E-state index is -0.0965. The number of fused-ring (bicyclic) bond motifs is 2. The molecule has 3 nitrogen and oxygen atoms in total. The summed E-state index contributed by atoms with van der Waals surface area (Å²) in [6, 6.07) is 17.4. The maximum absolute atomic E-state index is 12.9. The van der Waals surface area contributed by atoms with Crippen LogP contribution in [0.4, 0.5) is 11.4 Å². The lowest BCUT2D eigenvalue weighted by atomic mass is 9.83. The van der Waals surface area contributed by atoms with E-state index >= 15 is 0 Å². The van der Waals surface area contributed by atoms with Crippen LogP contribution in [0, 0.1) is 0 Å². The molecule has 0 amide bonds. The molecule has 40 heavy (non-hydrogen) atoms. The van der Waals surface area contributed by atoms with Gasteiger partial charge in [0.1, 0.15) is 0 Å². The third kappa shape index (κ3) is 6.04. The quantitative estimate of drug-likeness (QED) is 0.199. The Morgan fingerprint density at radius 3 is 1.45 bits per heavy atom. The van der Waals surface area contributed by atoms with E-state index in [1.807, 2.05) is 12.2 Å². The molecule has 0 radical (unpaired) electrons. The van der Waals surface area contributed by atoms with Gasteiger partial charge in [0.25, 0.3) is 0 Å². The molecule has 0 aliphatic carbocycles. The Bertz CT molecular complexity index is 1210. The minimum Gasteiger partial charge on any atom is -0.344 e. The summed E-state index contributed by atoms with van der Waals surface area (Å²) in [4.78, 5) is 17.8. The van der Waals surface area contributed by atoms with Gasteiger partial charge in [-0.1, -0.05) is 116 Å². The monoisotopic (exact) mass is 536 g/mol. The van der Waals surface area contributed by atoms with Crippen molar-refractivity contribution in [2.45, 2.75) is 90.9 Å². The van der Waals surface area contributed by atoms with Crippen LogP contribution in [0.3, 0.4) is 0 Å². The number of hydrogen-bond acceptors (Lipinski definition) is 3. The molecule has 2 aromatic carbocycles. The van der Waals surface area contributed by atoms with Crippen molar-refractivity contribution in [1.82, 2.24) is 0 Å². The smallest absolute Gasteiger partial charge is 0.178 e. The zero-order chi connectivity index (χ0) is 28.8. The van der Waals surface area contributed by atoms with Crippen molar-refractivity contribution in [2.24, 2.45) is 0 Å². The SMILES string of the molecule is CCCCCN1/C(=C/C=C/C(=O)/C=C/C=C2/N(CCCCC)c3ccccc3C2(C)C)C(C)(C)c2ccccc21. The van der Waals surface area contributed by atoms with E-state index in [0.717, 1.165) is 25.9 Å². The van der Waals surface area contributed by atoms with Crippen molar-refractivity contribution in [2.75, 3.05) is 22.9 Å². The summed E-state index contributed by atoms with van der Waals surface area (Å²) in [6.07, 6.45) is 18.7. The van der Waals surface area contributed by atoms with Crippen molar-refractivity contribution in [1.29, 1.82) is 0 Å². The Balaban J connectivity index is 1.51. The van der Waals surface area contributed by atoms with Gasteiger partial charge in [-0.25, -0.2) is 0 Å². The summed E-state index contributed by atoms with van der Waals surface area (Å²) in [5.74, 6) is 0.00500. The molecule has 0 atom stereocenters. The summed E-state index contributed by atoms with van der Waals surface area (Å²) in [5.41, 5.74) is 7.62. The summed E-state index contributed by atoms with van der Waals surface area (Å²) in [5, 5.41) is 0. The molecule has 0 saturated carbocycles. The predicted molar refractivity (Wildman–Crippen MR) is 172 cm³/mol. The molecule has 2 aromatic rings. The van der Waals surface area contributed by atoms with Crippen LogP contribution in [0.25, 0.3) is 0 Å². The van der Waals surface area contributed by atoms with Gasteiger partial charge in [-0.2, -0.15) is 0 Å². The number of ketones is 1. The zero-order valence-electron chi connectivity index (χ0n) is 25.5. The lowest BCUT2D eigenvalue weighted by Crippen LogP contribution is -2.27. The van der Waals surface area contributed by atoms with Crippen LogP contribution in [0.2, 0.25) is 0 Å². The molecular weight excluding hydrogens is 488 g/mol. The van der Waals surface area contributed by atoms with Crippen LogP contribution in [-0.2, 0) is 15.6 Å². The molecule has 2 aliphatic rings. The maximum Gasteiger partial charge on any atom is 0.178 e. The van der Waals surface area contributed by atoms with Crippen LogP contribution < -0.4 is 9.80 Å². The predicted octanol–water partition coefficient (Wildman–Crippen LogP) is 9.41. The van der Waals surface area contributed by atoms with E-state index in [1.54, 1.807) is 12.2 Å². The van der Waals surface area contributed by atoms with Crippen molar-refractivity contribution in [3.05, 3.63) is 108 Å². The summed E-state index contributed by atoms with van der Waals surface area (Å²) in [6.45, 7) is 15.6. The van der Waals surface area contributed by atoms with Crippen molar-refractivity contribution in [3.63, 3.8) is 0 Å². The average Bonchev–Trinajstić information content (AvgIpc) is 3.28. The van der Waals surface area contributed by atoms with Gasteiger partial charge in [-0.05, 0) is 60.4 Å². The molecular formula is C37H48N2O. The van der Waals surface area contributed by atoms with E-state index in [4.69, 9.17) is 0 Å². The van der Waals surface area contributed by atoms with Crippen molar-refractivity contribution in [3.8, 4) is 0 Å². The van der Waals surface area contributed by atoms with E-state index in [0.29, 0.717) is 0 Å². The third-order valence-corrected chi connectivity index (χ3v) is 8.60. The molecule has 0 N–H and O–H groups in total. The Hall–Kier alpha value is -3.33. The number of anilines is 2.